The fourth-order valence-electron chi connectivity index (χ4n) is 3.03. The van der Waals surface area contributed by atoms with Gasteiger partial charge in [-0.1, -0.05) is 30.3 Å². The smallest absolute Gasteiger partial charge is 0.129 e. The summed E-state index contributed by atoms with van der Waals surface area (Å²) >= 11 is 0. The normalized spacial score (nSPS) is 14.2. The first-order chi connectivity index (χ1) is 11.8. The Morgan fingerprint density at radius 2 is 1.81 bits per heavy atom. The van der Waals surface area contributed by atoms with Crippen molar-refractivity contribution in [3.05, 3.63) is 65.5 Å². The molecule has 2 aromatic carbocycles. The van der Waals surface area contributed by atoms with E-state index in [0.717, 1.165) is 37.8 Å². The summed E-state index contributed by atoms with van der Waals surface area (Å²) in [4.78, 5) is 0. The molecule has 2 aromatic rings. The molecule has 6 heteroatoms. The maximum absolute atomic E-state index is 13.6. The van der Waals surface area contributed by atoms with Crippen molar-refractivity contribution < 1.29 is 33.9 Å². The molecule has 2 N–H and O–H groups in total. The van der Waals surface area contributed by atoms with Gasteiger partial charge in [0, 0.05) is 12.1 Å². The average molecular weight is 399 g/mol. The highest BCUT2D eigenvalue weighted by Gasteiger charge is 2.12. The van der Waals surface area contributed by atoms with Crippen molar-refractivity contribution in [3.63, 3.8) is 0 Å². The lowest BCUT2D eigenvalue weighted by atomic mass is 9.98. The molecule has 3 nitrogen and oxygen atoms in total. The minimum absolute atomic E-state index is 0. The summed E-state index contributed by atoms with van der Waals surface area (Å²) in [5.41, 5.74) is 1.77. The van der Waals surface area contributed by atoms with Gasteiger partial charge in [-0.2, -0.15) is 0 Å². The summed E-state index contributed by atoms with van der Waals surface area (Å²) in [7, 11) is 0. The highest BCUT2D eigenvalue weighted by Crippen LogP contribution is 2.17. The van der Waals surface area contributed by atoms with Crippen LogP contribution in [0.3, 0.4) is 0 Å². The molecule has 0 bridgehead atoms. The molecule has 144 valence electrons. The summed E-state index contributed by atoms with van der Waals surface area (Å²) in [6.45, 7) is 4.40. The molecule has 1 aliphatic rings. The van der Waals surface area contributed by atoms with Crippen LogP contribution in [0.1, 0.15) is 24.0 Å². The van der Waals surface area contributed by atoms with Crippen molar-refractivity contribution in [2.75, 3.05) is 19.6 Å². The molecule has 0 unspecified atom stereocenters. The number of halogens is 3. The van der Waals surface area contributed by atoms with E-state index < -0.39 is 0 Å². The maximum atomic E-state index is 13.6. The number of hydrogen-bond acceptors (Lipinski definition) is 3. The Bertz CT molecular complexity index is 651. The summed E-state index contributed by atoms with van der Waals surface area (Å²) in [5, 5.41) is 6.93. The van der Waals surface area contributed by atoms with Gasteiger partial charge in [-0.3, -0.25) is 0 Å². The number of piperidine rings is 1. The predicted octanol–water partition coefficient (Wildman–Crippen LogP) is -2.50. The second kappa shape index (κ2) is 12.1. The van der Waals surface area contributed by atoms with Crippen molar-refractivity contribution in [3.8, 4) is 5.75 Å². The molecule has 0 saturated carbocycles. The van der Waals surface area contributed by atoms with E-state index in [2.05, 4.69) is 16.7 Å². The van der Waals surface area contributed by atoms with Gasteiger partial charge in [-0.15, -0.1) is 0 Å². The van der Waals surface area contributed by atoms with Crippen LogP contribution in [0.5, 0.6) is 5.75 Å². The second-order valence-electron chi connectivity index (χ2n) is 6.35. The van der Waals surface area contributed by atoms with E-state index in [4.69, 9.17) is 4.74 Å². The third kappa shape index (κ3) is 7.12. The minimum Gasteiger partial charge on any atom is -1.00 e. The van der Waals surface area contributed by atoms with Crippen LogP contribution in [0.15, 0.2) is 48.5 Å². The molecule has 1 saturated heterocycles. The first kappa shape index (κ1) is 22.7. The minimum atomic E-state index is -0.225. The Balaban J connectivity index is 0.00000169. The fourth-order valence-corrected chi connectivity index (χ4v) is 3.03. The summed E-state index contributed by atoms with van der Waals surface area (Å²) in [6.07, 6.45) is 2.50. The quantitative estimate of drug-likeness (QED) is 0.541. The van der Waals surface area contributed by atoms with Crippen LogP contribution < -0.4 is 40.2 Å². The van der Waals surface area contributed by atoms with Crippen LogP contribution in [0, 0.1) is 11.7 Å². The Hall–Kier alpha value is -1.33. The Morgan fingerprint density at radius 3 is 2.58 bits per heavy atom. The van der Waals surface area contributed by atoms with Gasteiger partial charge < -0.3 is 40.2 Å². The van der Waals surface area contributed by atoms with E-state index in [1.54, 1.807) is 12.1 Å². The summed E-state index contributed by atoms with van der Waals surface area (Å²) < 4.78 is 19.4. The summed E-state index contributed by atoms with van der Waals surface area (Å²) in [5.74, 6) is 1.32. The molecule has 0 aromatic heterocycles. The van der Waals surface area contributed by atoms with E-state index in [1.807, 2.05) is 24.3 Å². The zero-order valence-corrected chi connectivity index (χ0v) is 16.2. The topological polar surface area (TPSA) is 33.3 Å². The molecular weight excluding hydrogens is 374 g/mol. The Labute approximate surface area is 167 Å². The third-order valence-corrected chi connectivity index (χ3v) is 4.47. The number of rotatable bonds is 7. The largest absolute Gasteiger partial charge is 1.00 e. The molecular formula is C20H25Cl2FN2O-2. The second-order valence-corrected chi connectivity index (χ2v) is 6.35. The van der Waals surface area contributed by atoms with E-state index in [1.165, 1.54) is 24.5 Å². The van der Waals surface area contributed by atoms with Crippen molar-refractivity contribution >= 4 is 0 Å². The fraction of sp³-hybridized carbons (Fsp3) is 0.400. The van der Waals surface area contributed by atoms with Gasteiger partial charge in [0.2, 0.25) is 0 Å². The van der Waals surface area contributed by atoms with Gasteiger partial charge in [0.15, 0.2) is 0 Å². The Morgan fingerprint density at radius 1 is 1.04 bits per heavy atom. The van der Waals surface area contributed by atoms with Gasteiger partial charge in [0.1, 0.15) is 18.2 Å². The van der Waals surface area contributed by atoms with Gasteiger partial charge in [0.05, 0.1) is 0 Å². The first-order valence-corrected chi connectivity index (χ1v) is 8.68. The van der Waals surface area contributed by atoms with Gasteiger partial charge >= 0.3 is 0 Å². The lowest BCUT2D eigenvalue weighted by molar-refractivity contribution is -0.00100. The van der Waals surface area contributed by atoms with Crippen molar-refractivity contribution in [1.29, 1.82) is 0 Å². The zero-order chi connectivity index (χ0) is 16.6. The van der Waals surface area contributed by atoms with Crippen molar-refractivity contribution in [1.82, 2.24) is 10.6 Å². The lowest BCUT2D eigenvalue weighted by Gasteiger charge is -2.22. The molecule has 0 amide bonds. The Kier molecular flexibility index (Phi) is 10.6. The molecule has 0 atom stereocenters. The molecule has 0 aliphatic carbocycles. The number of hydrogen-bond donors (Lipinski definition) is 2. The van der Waals surface area contributed by atoms with Gasteiger partial charge in [0.25, 0.3) is 0 Å². The third-order valence-electron chi connectivity index (χ3n) is 4.47. The zero-order valence-electron chi connectivity index (χ0n) is 14.7. The van der Waals surface area contributed by atoms with Gasteiger partial charge in [-0.05, 0) is 62.2 Å². The van der Waals surface area contributed by atoms with Crippen LogP contribution >= 0.6 is 0 Å². The lowest BCUT2D eigenvalue weighted by Crippen LogP contribution is -3.00. The number of nitrogens with one attached hydrogen (secondary N) is 2. The van der Waals surface area contributed by atoms with Crippen LogP contribution in [0.25, 0.3) is 0 Å². The van der Waals surface area contributed by atoms with Crippen LogP contribution in [0.2, 0.25) is 0 Å². The van der Waals surface area contributed by atoms with Crippen LogP contribution in [0.4, 0.5) is 4.39 Å². The molecule has 26 heavy (non-hydrogen) atoms. The molecule has 1 fully saturated rings. The molecule has 1 heterocycles. The first-order valence-electron chi connectivity index (χ1n) is 8.68. The van der Waals surface area contributed by atoms with E-state index >= 15 is 0 Å². The monoisotopic (exact) mass is 398 g/mol. The van der Waals surface area contributed by atoms with Crippen LogP contribution in [-0.2, 0) is 13.2 Å². The van der Waals surface area contributed by atoms with Crippen LogP contribution in [-0.4, -0.2) is 19.6 Å². The average Bonchev–Trinajstić information content (AvgIpc) is 2.62. The number of benzene rings is 2. The predicted molar refractivity (Wildman–Crippen MR) is 94.5 cm³/mol. The molecule has 1 aliphatic heterocycles. The molecule has 0 radical (unpaired) electrons. The van der Waals surface area contributed by atoms with Gasteiger partial charge in [-0.25, -0.2) is 4.39 Å². The van der Waals surface area contributed by atoms with Crippen molar-refractivity contribution in [2.45, 2.75) is 26.0 Å². The standard InChI is InChI=1S/C20H25FN2O.2ClH/c21-20-7-2-1-5-18(20)15-24-19-6-3-4-17(12-19)14-23-13-16-8-10-22-11-9-16;;/h1-7,12,16,22-23H,8-11,13-15H2;2*1H/p-2. The molecule has 3 rings (SSSR count). The maximum Gasteiger partial charge on any atom is 0.129 e. The van der Waals surface area contributed by atoms with E-state index in [9.17, 15) is 4.39 Å². The van der Waals surface area contributed by atoms with Crippen molar-refractivity contribution in [2.24, 2.45) is 5.92 Å². The number of ether oxygens (including phenoxy) is 1. The van der Waals surface area contributed by atoms with E-state index in [0.29, 0.717) is 5.56 Å². The SMILES string of the molecule is Fc1ccccc1COc1cccc(CNCC2CCNCC2)c1.[Cl-].[Cl-]. The molecule has 0 spiro atoms. The summed E-state index contributed by atoms with van der Waals surface area (Å²) in [6, 6.07) is 14.7. The highest BCUT2D eigenvalue weighted by molar-refractivity contribution is 5.29. The highest BCUT2D eigenvalue weighted by atomic mass is 35.5. The van der Waals surface area contributed by atoms with E-state index in [-0.39, 0.29) is 37.2 Å².